The van der Waals surface area contributed by atoms with Crippen LogP contribution in [0.5, 0.6) is 5.75 Å². The molecule has 2 aromatic carbocycles. The lowest BCUT2D eigenvalue weighted by Crippen LogP contribution is -2.39. The minimum atomic E-state index is -3.40. The molecule has 1 aromatic heterocycles. The van der Waals surface area contributed by atoms with Crippen LogP contribution in [-0.4, -0.2) is 68.9 Å². The third-order valence-corrected chi connectivity index (χ3v) is 9.00. The smallest absolute Gasteiger partial charge is 0.236 e. The maximum Gasteiger partial charge on any atom is 0.236 e. The van der Waals surface area contributed by atoms with Crippen molar-refractivity contribution in [2.45, 2.75) is 13.5 Å². The molecule has 4 rings (SSSR count). The molecule has 0 amide bonds. The summed E-state index contributed by atoms with van der Waals surface area (Å²) in [5, 5.41) is 0.979. The Morgan fingerprint density at radius 2 is 1.82 bits per heavy atom. The maximum absolute atomic E-state index is 12.9. The number of anilines is 2. The van der Waals surface area contributed by atoms with E-state index in [1.165, 1.54) is 4.31 Å². The Bertz CT molecular complexity index is 1220. The number of ether oxygens (including phenoxy) is 1. The van der Waals surface area contributed by atoms with Crippen molar-refractivity contribution < 1.29 is 13.2 Å². The van der Waals surface area contributed by atoms with E-state index in [2.05, 4.69) is 16.4 Å². The highest BCUT2D eigenvalue weighted by Gasteiger charge is 2.22. The van der Waals surface area contributed by atoms with E-state index in [-0.39, 0.29) is 5.75 Å². The van der Waals surface area contributed by atoms with E-state index >= 15 is 0 Å². The third kappa shape index (κ3) is 4.81. The number of methoxy groups -OCH3 is 1. The van der Waals surface area contributed by atoms with Crippen LogP contribution < -0.4 is 14.8 Å². The summed E-state index contributed by atoms with van der Waals surface area (Å²) in [4.78, 5) is 2.23. The molecule has 1 saturated heterocycles. The van der Waals surface area contributed by atoms with Crippen molar-refractivity contribution in [2.24, 2.45) is 0 Å². The first kappa shape index (κ1) is 23.8. The van der Waals surface area contributed by atoms with Crippen LogP contribution >= 0.6 is 11.8 Å². The second-order valence-electron chi connectivity index (χ2n) is 8.17. The van der Waals surface area contributed by atoms with E-state index in [9.17, 15) is 8.42 Å². The lowest BCUT2D eigenvalue weighted by molar-refractivity contribution is 0.320. The summed E-state index contributed by atoms with van der Waals surface area (Å²) in [6, 6.07) is 13.5. The van der Waals surface area contributed by atoms with Crippen molar-refractivity contribution in [1.82, 2.24) is 9.47 Å². The van der Waals surface area contributed by atoms with Crippen LogP contribution in [0.3, 0.4) is 0 Å². The zero-order valence-corrected chi connectivity index (χ0v) is 21.1. The summed E-state index contributed by atoms with van der Waals surface area (Å²) in [6.07, 6.45) is 0. The van der Waals surface area contributed by atoms with Crippen molar-refractivity contribution in [2.75, 3.05) is 61.1 Å². The highest BCUT2D eigenvalue weighted by Crippen LogP contribution is 2.38. The molecule has 0 saturated carbocycles. The zero-order chi connectivity index (χ0) is 23.6. The number of benzene rings is 2. The number of thioether (sulfide) groups is 1. The molecule has 178 valence electrons. The molecule has 2 heterocycles. The van der Waals surface area contributed by atoms with Gasteiger partial charge < -0.3 is 19.9 Å². The number of aromatic nitrogens is 1. The standard InChI is InChI=1S/C24H32N4O3S2/c1-4-28-22-17-20(31-3)9-10-21(22)23(25)24(28)18-5-7-19(8-6-18)26(2)33(29,30)16-13-27-11-14-32-15-12-27/h5-10,17H,4,11-16,25H2,1-3H3. The predicted octanol–water partition coefficient (Wildman–Crippen LogP) is 3.73. The number of sulfonamides is 1. The van der Waals surface area contributed by atoms with Gasteiger partial charge in [-0.05, 0) is 31.2 Å². The van der Waals surface area contributed by atoms with Gasteiger partial charge in [0, 0.05) is 61.7 Å². The minimum Gasteiger partial charge on any atom is -0.497 e. The average molecular weight is 489 g/mol. The number of fused-ring (bicyclic) bond motifs is 1. The van der Waals surface area contributed by atoms with E-state index in [1.54, 1.807) is 14.2 Å². The molecule has 0 spiro atoms. The lowest BCUT2D eigenvalue weighted by Gasteiger charge is -2.27. The maximum atomic E-state index is 12.9. The van der Waals surface area contributed by atoms with Gasteiger partial charge in [0.15, 0.2) is 0 Å². The molecule has 0 aliphatic carbocycles. The molecule has 0 bridgehead atoms. The van der Waals surface area contributed by atoms with Crippen LogP contribution in [0.15, 0.2) is 42.5 Å². The van der Waals surface area contributed by atoms with E-state index in [0.29, 0.717) is 17.9 Å². The fourth-order valence-corrected chi connectivity index (χ4v) is 6.50. The van der Waals surface area contributed by atoms with E-state index < -0.39 is 10.0 Å². The Labute approximate surface area is 200 Å². The second kappa shape index (κ2) is 9.87. The molecule has 1 aliphatic rings. The summed E-state index contributed by atoms with van der Waals surface area (Å²) >= 11 is 1.92. The number of rotatable bonds is 8. The normalized spacial score (nSPS) is 15.1. The number of aryl methyl sites for hydroxylation is 1. The van der Waals surface area contributed by atoms with Gasteiger partial charge >= 0.3 is 0 Å². The molecule has 2 N–H and O–H groups in total. The van der Waals surface area contributed by atoms with Gasteiger partial charge in [-0.3, -0.25) is 4.31 Å². The van der Waals surface area contributed by atoms with Crippen LogP contribution in [0.1, 0.15) is 6.92 Å². The average Bonchev–Trinajstić information content (AvgIpc) is 3.13. The summed E-state index contributed by atoms with van der Waals surface area (Å²) in [6.45, 7) is 5.31. The van der Waals surface area contributed by atoms with E-state index in [4.69, 9.17) is 10.5 Å². The Morgan fingerprint density at radius 3 is 2.45 bits per heavy atom. The van der Waals surface area contributed by atoms with Crippen molar-refractivity contribution in [3.63, 3.8) is 0 Å². The van der Waals surface area contributed by atoms with Crippen LogP contribution in [0.4, 0.5) is 11.4 Å². The van der Waals surface area contributed by atoms with Crippen molar-refractivity contribution in [3.8, 4) is 17.0 Å². The number of hydrogen-bond donors (Lipinski definition) is 1. The van der Waals surface area contributed by atoms with Crippen LogP contribution in [0.2, 0.25) is 0 Å². The topological polar surface area (TPSA) is 80.8 Å². The summed E-state index contributed by atoms with van der Waals surface area (Å²) in [7, 11) is -0.121. The molecular formula is C24H32N4O3S2. The third-order valence-electron chi connectivity index (χ3n) is 6.32. The summed E-state index contributed by atoms with van der Waals surface area (Å²) in [5.74, 6) is 3.05. The molecular weight excluding hydrogens is 456 g/mol. The number of nitrogens with zero attached hydrogens (tertiary/aromatic N) is 3. The molecule has 3 aromatic rings. The van der Waals surface area contributed by atoms with Crippen LogP contribution in [0, 0.1) is 0 Å². The largest absolute Gasteiger partial charge is 0.497 e. The number of nitrogen functional groups attached to an aromatic ring is 1. The Balaban J connectivity index is 1.58. The first-order valence-corrected chi connectivity index (χ1v) is 13.9. The summed E-state index contributed by atoms with van der Waals surface area (Å²) in [5.41, 5.74) is 10.8. The number of nitrogens with two attached hydrogens (primary N) is 1. The number of hydrogen-bond acceptors (Lipinski definition) is 6. The second-order valence-corrected chi connectivity index (χ2v) is 11.5. The van der Waals surface area contributed by atoms with Gasteiger partial charge in [0.25, 0.3) is 0 Å². The van der Waals surface area contributed by atoms with Crippen molar-refractivity contribution in [3.05, 3.63) is 42.5 Å². The molecule has 33 heavy (non-hydrogen) atoms. The predicted molar refractivity (Wildman–Crippen MR) is 140 cm³/mol. The van der Waals surface area contributed by atoms with Crippen molar-refractivity contribution in [1.29, 1.82) is 0 Å². The van der Waals surface area contributed by atoms with Gasteiger partial charge in [-0.25, -0.2) is 8.42 Å². The molecule has 7 nitrogen and oxygen atoms in total. The Hall–Kier alpha value is -2.36. The molecule has 1 aliphatic heterocycles. The minimum absolute atomic E-state index is 0.120. The first-order chi connectivity index (χ1) is 15.9. The molecule has 1 fully saturated rings. The molecule has 9 heteroatoms. The lowest BCUT2D eigenvalue weighted by atomic mass is 10.1. The summed E-state index contributed by atoms with van der Waals surface area (Å²) < 4.78 is 34.8. The Kier molecular flexibility index (Phi) is 7.11. The van der Waals surface area contributed by atoms with Gasteiger partial charge in [0.1, 0.15) is 5.75 Å². The highest BCUT2D eigenvalue weighted by molar-refractivity contribution is 7.99. The van der Waals surface area contributed by atoms with E-state index in [1.807, 2.05) is 54.2 Å². The molecule has 0 atom stereocenters. The van der Waals surface area contributed by atoms with Crippen LogP contribution in [-0.2, 0) is 16.6 Å². The quantitative estimate of drug-likeness (QED) is 0.520. The van der Waals surface area contributed by atoms with Crippen molar-refractivity contribution >= 4 is 44.1 Å². The van der Waals surface area contributed by atoms with Gasteiger partial charge in [-0.2, -0.15) is 11.8 Å². The van der Waals surface area contributed by atoms with E-state index in [0.717, 1.165) is 59.0 Å². The van der Waals surface area contributed by atoms with Crippen LogP contribution in [0.25, 0.3) is 22.2 Å². The monoisotopic (exact) mass is 488 g/mol. The molecule has 0 radical (unpaired) electrons. The van der Waals surface area contributed by atoms with Gasteiger partial charge in [-0.15, -0.1) is 0 Å². The first-order valence-electron chi connectivity index (χ1n) is 11.2. The zero-order valence-electron chi connectivity index (χ0n) is 19.5. The Morgan fingerprint density at radius 1 is 1.12 bits per heavy atom. The fourth-order valence-electron chi connectivity index (χ4n) is 4.32. The SMILES string of the molecule is CCn1c(-c2ccc(N(C)S(=O)(=O)CCN3CCSCC3)cc2)c(N)c2ccc(OC)cc21. The van der Waals surface area contributed by atoms with Gasteiger partial charge in [0.2, 0.25) is 10.0 Å². The highest BCUT2D eigenvalue weighted by atomic mass is 32.2. The van der Waals surface area contributed by atoms with Gasteiger partial charge in [0.05, 0.1) is 35.4 Å². The molecule has 0 unspecified atom stereocenters. The van der Waals surface area contributed by atoms with Gasteiger partial charge in [-0.1, -0.05) is 12.1 Å². The fraction of sp³-hybridized carbons (Fsp3) is 0.417.